The lowest BCUT2D eigenvalue weighted by Crippen LogP contribution is -2.03. The molecule has 27 heavy (non-hydrogen) atoms. The van der Waals surface area contributed by atoms with Gasteiger partial charge in [0.05, 0.1) is 6.61 Å². The topological polar surface area (TPSA) is 21.8 Å². The van der Waals surface area contributed by atoms with Gasteiger partial charge < -0.3 is 9.47 Å². The van der Waals surface area contributed by atoms with Crippen LogP contribution < -0.4 is 4.74 Å². The maximum absolute atomic E-state index is 5.68. The summed E-state index contributed by atoms with van der Waals surface area (Å²) in [6, 6.07) is 8.61. The van der Waals surface area contributed by atoms with Crippen molar-refractivity contribution in [3.05, 3.63) is 42.0 Å². The van der Waals surface area contributed by atoms with Crippen molar-refractivity contribution in [1.29, 1.82) is 0 Å². The van der Waals surface area contributed by atoms with Gasteiger partial charge in [0.1, 0.15) is 18.5 Å². The number of hydrogen-bond donors (Lipinski definition) is 0. The molecule has 0 saturated carbocycles. The third-order valence-corrected chi connectivity index (χ3v) is 5.25. The number of ether oxygens (including phenoxy) is 2. The average Bonchev–Trinajstić information content (AvgIpc) is 3.52. The van der Waals surface area contributed by atoms with Crippen LogP contribution in [0.25, 0.3) is 0 Å². The SMILES string of the molecule is CC/C=C/CCCCCCCCCCCCc1ccc(OCC2CO2)cc1. The van der Waals surface area contributed by atoms with Gasteiger partial charge in [0.25, 0.3) is 0 Å². The van der Waals surface area contributed by atoms with E-state index in [0.717, 1.165) is 12.4 Å². The molecule has 1 aromatic rings. The van der Waals surface area contributed by atoms with Gasteiger partial charge >= 0.3 is 0 Å². The molecule has 1 saturated heterocycles. The first-order valence-electron chi connectivity index (χ1n) is 11.4. The Balaban J connectivity index is 1.34. The highest BCUT2D eigenvalue weighted by Gasteiger charge is 2.22. The second-order valence-electron chi connectivity index (χ2n) is 7.86. The van der Waals surface area contributed by atoms with E-state index in [4.69, 9.17) is 9.47 Å². The number of hydrogen-bond acceptors (Lipinski definition) is 2. The van der Waals surface area contributed by atoms with Crippen LogP contribution in [0.1, 0.15) is 89.5 Å². The molecule has 2 nitrogen and oxygen atoms in total. The molecule has 0 spiro atoms. The third-order valence-electron chi connectivity index (χ3n) is 5.25. The molecule has 1 aromatic carbocycles. The Labute approximate surface area is 167 Å². The molecule has 0 bridgehead atoms. The molecule has 0 aromatic heterocycles. The third kappa shape index (κ3) is 11.9. The molecule has 1 fully saturated rings. The van der Waals surface area contributed by atoms with E-state index in [9.17, 15) is 0 Å². The highest BCUT2D eigenvalue weighted by Crippen LogP contribution is 2.17. The van der Waals surface area contributed by atoms with E-state index < -0.39 is 0 Å². The normalized spacial score (nSPS) is 16.1. The van der Waals surface area contributed by atoms with Crippen LogP contribution in [-0.2, 0) is 11.2 Å². The van der Waals surface area contributed by atoms with Gasteiger partial charge in [-0.25, -0.2) is 0 Å². The molecule has 0 amide bonds. The zero-order valence-corrected chi connectivity index (χ0v) is 17.5. The van der Waals surface area contributed by atoms with E-state index in [0.29, 0.717) is 12.7 Å². The molecule has 2 rings (SSSR count). The minimum atomic E-state index is 0.331. The highest BCUT2D eigenvalue weighted by molar-refractivity contribution is 5.27. The number of rotatable bonds is 17. The lowest BCUT2D eigenvalue weighted by Gasteiger charge is -2.06. The van der Waals surface area contributed by atoms with Gasteiger partial charge in [-0.15, -0.1) is 0 Å². The Kier molecular flexibility index (Phi) is 12.0. The fourth-order valence-corrected chi connectivity index (χ4v) is 3.40. The fraction of sp³-hybridized carbons (Fsp3) is 0.680. The van der Waals surface area contributed by atoms with E-state index in [1.807, 2.05) is 0 Å². The monoisotopic (exact) mass is 372 g/mol. The lowest BCUT2D eigenvalue weighted by atomic mass is 10.0. The van der Waals surface area contributed by atoms with Crippen molar-refractivity contribution in [1.82, 2.24) is 0 Å². The van der Waals surface area contributed by atoms with Gasteiger partial charge in [0.15, 0.2) is 0 Å². The summed E-state index contributed by atoms with van der Waals surface area (Å²) in [6.07, 6.45) is 22.6. The van der Waals surface area contributed by atoms with Crippen LogP contribution in [0.3, 0.4) is 0 Å². The van der Waals surface area contributed by atoms with E-state index in [-0.39, 0.29) is 0 Å². The largest absolute Gasteiger partial charge is 0.491 e. The second kappa shape index (κ2) is 14.7. The highest BCUT2D eigenvalue weighted by atomic mass is 16.6. The maximum Gasteiger partial charge on any atom is 0.119 e. The van der Waals surface area contributed by atoms with Crippen LogP contribution in [0.15, 0.2) is 36.4 Å². The van der Waals surface area contributed by atoms with Crippen molar-refractivity contribution in [2.75, 3.05) is 13.2 Å². The first-order chi connectivity index (χ1) is 13.4. The van der Waals surface area contributed by atoms with Crippen LogP contribution >= 0.6 is 0 Å². The summed E-state index contributed by atoms with van der Waals surface area (Å²) in [7, 11) is 0. The summed E-state index contributed by atoms with van der Waals surface area (Å²) < 4.78 is 10.8. The second-order valence-corrected chi connectivity index (χ2v) is 7.86. The van der Waals surface area contributed by atoms with Crippen LogP contribution in [0.4, 0.5) is 0 Å². The maximum atomic E-state index is 5.68. The molecule has 0 radical (unpaired) electrons. The van der Waals surface area contributed by atoms with Crippen molar-refractivity contribution in [3.63, 3.8) is 0 Å². The summed E-state index contributed by atoms with van der Waals surface area (Å²) in [4.78, 5) is 0. The van der Waals surface area contributed by atoms with Crippen molar-refractivity contribution in [2.24, 2.45) is 0 Å². The number of unbranched alkanes of at least 4 members (excludes halogenated alkanes) is 10. The Morgan fingerprint density at radius 1 is 0.852 bits per heavy atom. The van der Waals surface area contributed by atoms with Crippen molar-refractivity contribution in [3.8, 4) is 5.75 Å². The van der Waals surface area contributed by atoms with E-state index in [1.165, 1.54) is 89.0 Å². The fourth-order valence-electron chi connectivity index (χ4n) is 3.40. The molecular formula is C25H40O2. The Hall–Kier alpha value is -1.28. The van der Waals surface area contributed by atoms with Gasteiger partial charge in [-0.3, -0.25) is 0 Å². The molecule has 0 N–H and O–H groups in total. The summed E-state index contributed by atoms with van der Waals surface area (Å²) >= 11 is 0. The number of allylic oxidation sites excluding steroid dienone is 2. The van der Waals surface area contributed by atoms with Gasteiger partial charge in [-0.1, -0.05) is 82.6 Å². The number of epoxide rings is 1. The van der Waals surface area contributed by atoms with Gasteiger partial charge in [0.2, 0.25) is 0 Å². The molecule has 152 valence electrons. The Morgan fingerprint density at radius 3 is 2.04 bits per heavy atom. The molecule has 1 aliphatic heterocycles. The zero-order chi connectivity index (χ0) is 19.0. The van der Waals surface area contributed by atoms with Crippen molar-refractivity contribution >= 4 is 0 Å². The molecule has 2 heteroatoms. The number of benzene rings is 1. The molecule has 0 aliphatic carbocycles. The van der Waals surface area contributed by atoms with Crippen LogP contribution in [0.5, 0.6) is 5.75 Å². The number of aryl methyl sites for hydroxylation is 1. The lowest BCUT2D eigenvalue weighted by molar-refractivity contribution is 0.263. The quantitative estimate of drug-likeness (QED) is 0.163. The van der Waals surface area contributed by atoms with Gasteiger partial charge in [-0.2, -0.15) is 0 Å². The molecule has 1 heterocycles. The summed E-state index contributed by atoms with van der Waals surface area (Å²) in [5.74, 6) is 0.965. The molecular weight excluding hydrogens is 332 g/mol. The van der Waals surface area contributed by atoms with Gasteiger partial charge in [0, 0.05) is 0 Å². The minimum absolute atomic E-state index is 0.331. The Bertz CT molecular complexity index is 488. The average molecular weight is 373 g/mol. The Morgan fingerprint density at radius 2 is 1.44 bits per heavy atom. The zero-order valence-electron chi connectivity index (χ0n) is 17.5. The van der Waals surface area contributed by atoms with Crippen LogP contribution in [0, 0.1) is 0 Å². The van der Waals surface area contributed by atoms with E-state index in [2.05, 4.69) is 43.3 Å². The summed E-state index contributed by atoms with van der Waals surface area (Å²) in [5, 5.41) is 0. The van der Waals surface area contributed by atoms with Crippen molar-refractivity contribution in [2.45, 2.75) is 96.5 Å². The molecule has 1 aliphatic rings. The predicted molar refractivity (Wildman–Crippen MR) is 116 cm³/mol. The summed E-state index contributed by atoms with van der Waals surface area (Å²) in [6.45, 7) is 3.75. The standard InChI is InChI=1S/C25H40O2/c1-2-3-4-5-6-7-8-9-10-11-12-13-14-15-16-23-17-19-24(20-18-23)26-21-25-22-27-25/h3-4,17-20,25H,2,5-16,21-22H2,1H3/b4-3+. The predicted octanol–water partition coefficient (Wildman–Crippen LogP) is 7.26. The minimum Gasteiger partial charge on any atom is -0.491 e. The molecule has 1 atom stereocenters. The van der Waals surface area contributed by atoms with E-state index >= 15 is 0 Å². The van der Waals surface area contributed by atoms with Gasteiger partial charge in [-0.05, 0) is 49.8 Å². The van der Waals surface area contributed by atoms with Crippen molar-refractivity contribution < 1.29 is 9.47 Å². The first kappa shape index (κ1) is 22.0. The smallest absolute Gasteiger partial charge is 0.119 e. The summed E-state index contributed by atoms with van der Waals surface area (Å²) in [5.41, 5.74) is 1.43. The van der Waals surface area contributed by atoms with E-state index in [1.54, 1.807) is 0 Å². The first-order valence-corrected chi connectivity index (χ1v) is 11.4. The van der Waals surface area contributed by atoms with Crippen LogP contribution in [0.2, 0.25) is 0 Å². The van der Waals surface area contributed by atoms with Crippen LogP contribution in [-0.4, -0.2) is 19.3 Å². The molecule has 1 unspecified atom stereocenters.